The Bertz CT molecular complexity index is 847. The molecular weight excluding hydrogens is 296 g/mol. The number of imidazole rings is 1. The summed E-state index contributed by atoms with van der Waals surface area (Å²) in [5, 5.41) is 0. The summed E-state index contributed by atoms with van der Waals surface area (Å²) in [6.07, 6.45) is 0. The van der Waals surface area contributed by atoms with Crippen molar-refractivity contribution in [2.75, 3.05) is 0 Å². The van der Waals surface area contributed by atoms with Gasteiger partial charge in [0, 0.05) is 35.3 Å². The van der Waals surface area contributed by atoms with Gasteiger partial charge in [0.15, 0.2) is 11.2 Å². The van der Waals surface area contributed by atoms with Crippen LogP contribution in [-0.2, 0) is 0 Å². The lowest BCUT2D eigenvalue weighted by atomic mass is 10.5. The molecule has 0 aliphatic carbocycles. The Hall–Kier alpha value is -1.69. The standard InChI is InChI=1S/C6Cl3N5O3/c1-10-14-4(15)2-3(13(9)6(14)17)12(8)5(16)11(2)7. The van der Waals surface area contributed by atoms with Gasteiger partial charge in [-0.2, -0.15) is 18.8 Å². The van der Waals surface area contributed by atoms with Crippen LogP contribution in [0.1, 0.15) is 0 Å². The van der Waals surface area contributed by atoms with Crippen LogP contribution in [0.15, 0.2) is 14.4 Å². The number of hydrogen-bond acceptors (Lipinski definition) is 3. The molecule has 0 N–H and O–H groups in total. The monoisotopic (exact) mass is 295 g/mol. The molecule has 2 aromatic heterocycles. The van der Waals surface area contributed by atoms with E-state index in [4.69, 9.17) is 41.9 Å². The molecule has 88 valence electrons. The molecule has 0 aliphatic heterocycles. The van der Waals surface area contributed by atoms with Crippen molar-refractivity contribution in [2.45, 2.75) is 0 Å². The van der Waals surface area contributed by atoms with Gasteiger partial charge in [-0.15, -0.1) is 4.95 Å². The lowest BCUT2D eigenvalue weighted by Crippen LogP contribution is -2.34. The maximum atomic E-state index is 11.7. The fourth-order valence-corrected chi connectivity index (χ4v) is 2.00. The highest BCUT2D eigenvalue weighted by molar-refractivity contribution is 6.25. The van der Waals surface area contributed by atoms with Crippen LogP contribution in [0.5, 0.6) is 0 Å². The third-order valence-electron chi connectivity index (χ3n) is 1.96. The summed E-state index contributed by atoms with van der Waals surface area (Å²) in [4.78, 5) is 37.2. The number of nitrogens with zero attached hydrogens (tertiary/aromatic N) is 5. The second-order valence-electron chi connectivity index (χ2n) is 2.80. The third-order valence-corrected chi connectivity index (χ3v) is 2.88. The van der Waals surface area contributed by atoms with Crippen LogP contribution >= 0.6 is 35.3 Å². The van der Waals surface area contributed by atoms with E-state index in [1.165, 1.54) is 0 Å². The van der Waals surface area contributed by atoms with E-state index in [-0.39, 0.29) is 4.68 Å². The fraction of sp³-hybridized carbons (Fsp3) is 0. The molecule has 0 saturated carbocycles. The number of aromatic nitrogens is 4. The SMILES string of the molecule is [C-]#[N+]n1c(=O)c2c(n(Cl)c1=O)n(Cl)c(=O)n2Cl. The second-order valence-corrected chi connectivity index (χ2v) is 3.81. The Balaban J connectivity index is 3.36. The van der Waals surface area contributed by atoms with Crippen molar-refractivity contribution >= 4 is 46.5 Å². The van der Waals surface area contributed by atoms with Crippen molar-refractivity contribution in [1.29, 1.82) is 0 Å². The first-order valence-corrected chi connectivity index (χ1v) is 4.85. The average molecular weight is 296 g/mol. The molecule has 2 rings (SSSR count). The van der Waals surface area contributed by atoms with Crippen LogP contribution in [0.3, 0.4) is 0 Å². The summed E-state index contributed by atoms with van der Waals surface area (Å²) in [6.45, 7) is 6.67. The van der Waals surface area contributed by atoms with Gasteiger partial charge in [-0.3, -0.25) is 4.79 Å². The molecule has 0 saturated heterocycles. The van der Waals surface area contributed by atoms with Gasteiger partial charge in [0.2, 0.25) is 0 Å². The van der Waals surface area contributed by atoms with Crippen molar-refractivity contribution in [3.8, 4) is 0 Å². The Labute approximate surface area is 106 Å². The molecule has 2 aromatic rings. The lowest BCUT2D eigenvalue weighted by molar-refractivity contribution is 0.861. The molecule has 11 heteroatoms. The first-order valence-electron chi connectivity index (χ1n) is 3.83. The third kappa shape index (κ3) is 1.33. The minimum absolute atomic E-state index is 0.130. The predicted molar refractivity (Wildman–Crippen MR) is 60.5 cm³/mol. The fourth-order valence-electron chi connectivity index (χ4n) is 1.24. The number of hydrogen-bond donors (Lipinski definition) is 0. The van der Waals surface area contributed by atoms with Crippen LogP contribution in [0.2, 0.25) is 0 Å². The summed E-state index contributed by atoms with van der Waals surface area (Å²) in [5.74, 6) is 0. The van der Waals surface area contributed by atoms with Crippen LogP contribution in [0.4, 0.5) is 0 Å². The molecule has 0 atom stereocenters. The summed E-state index contributed by atoms with van der Waals surface area (Å²) >= 11 is 16.6. The topological polar surface area (TPSA) is 75.3 Å². The highest BCUT2D eigenvalue weighted by Crippen LogP contribution is 2.10. The van der Waals surface area contributed by atoms with E-state index in [1.54, 1.807) is 0 Å². The zero-order chi connectivity index (χ0) is 12.9. The Morgan fingerprint density at radius 1 is 0.941 bits per heavy atom. The highest BCUT2D eigenvalue weighted by atomic mass is 35.5. The van der Waals surface area contributed by atoms with Gasteiger partial charge in [-0.05, 0) is 0 Å². The van der Waals surface area contributed by atoms with E-state index in [9.17, 15) is 14.4 Å². The second kappa shape index (κ2) is 3.66. The minimum atomic E-state index is -1.14. The van der Waals surface area contributed by atoms with Gasteiger partial charge < -0.3 is 0 Å². The van der Waals surface area contributed by atoms with Crippen molar-refractivity contribution in [3.05, 3.63) is 42.8 Å². The number of rotatable bonds is 0. The molecule has 8 nitrogen and oxygen atoms in total. The van der Waals surface area contributed by atoms with E-state index >= 15 is 0 Å². The van der Waals surface area contributed by atoms with Crippen LogP contribution in [-0.4, -0.2) is 16.9 Å². The Morgan fingerprint density at radius 3 is 2.00 bits per heavy atom. The molecule has 0 unspecified atom stereocenters. The highest BCUT2D eigenvalue weighted by Gasteiger charge is 2.24. The first kappa shape index (κ1) is 11.8. The summed E-state index contributed by atoms with van der Waals surface area (Å²) in [5.41, 5.74) is -4.06. The van der Waals surface area contributed by atoms with Crippen molar-refractivity contribution < 1.29 is 0 Å². The van der Waals surface area contributed by atoms with Crippen molar-refractivity contribution in [1.82, 2.24) is 16.9 Å². The van der Waals surface area contributed by atoms with E-state index in [1.807, 2.05) is 0 Å². The van der Waals surface area contributed by atoms with E-state index in [2.05, 4.69) is 4.95 Å². The number of fused-ring (bicyclic) bond motifs is 1. The maximum Gasteiger partial charge on any atom is 0.416 e. The van der Waals surface area contributed by atoms with Crippen molar-refractivity contribution in [2.24, 2.45) is 0 Å². The van der Waals surface area contributed by atoms with Crippen LogP contribution in [0, 0.1) is 6.57 Å². The van der Waals surface area contributed by atoms with Gasteiger partial charge in [-0.25, -0.2) is 9.59 Å². The van der Waals surface area contributed by atoms with Crippen LogP contribution < -0.4 is 16.9 Å². The Kier molecular flexibility index (Phi) is 2.54. The summed E-state index contributed by atoms with van der Waals surface area (Å²) in [6, 6.07) is 0. The molecule has 0 bridgehead atoms. The van der Waals surface area contributed by atoms with Crippen molar-refractivity contribution in [3.63, 3.8) is 0 Å². The van der Waals surface area contributed by atoms with Gasteiger partial charge in [-0.1, -0.05) is 0 Å². The summed E-state index contributed by atoms with van der Waals surface area (Å²) in [7, 11) is 0. The van der Waals surface area contributed by atoms with Crippen LogP contribution in [0.25, 0.3) is 16.1 Å². The average Bonchev–Trinajstić information content (AvgIpc) is 2.52. The zero-order valence-corrected chi connectivity index (χ0v) is 9.86. The number of halogens is 3. The van der Waals surface area contributed by atoms with Gasteiger partial charge in [0.25, 0.3) is 0 Å². The predicted octanol–water partition coefficient (Wildman–Crippen LogP) is -0.186. The van der Waals surface area contributed by atoms with E-state index in [0.717, 1.165) is 0 Å². The van der Waals surface area contributed by atoms with E-state index < -0.39 is 28.1 Å². The molecule has 0 aromatic carbocycles. The smallest absolute Gasteiger partial charge is 0.259 e. The molecule has 0 fully saturated rings. The minimum Gasteiger partial charge on any atom is -0.259 e. The molecule has 2 heterocycles. The van der Waals surface area contributed by atoms with Gasteiger partial charge in [0.05, 0.1) is 4.68 Å². The molecule has 0 radical (unpaired) electrons. The first-order chi connectivity index (χ1) is 7.91. The molecule has 17 heavy (non-hydrogen) atoms. The Morgan fingerprint density at radius 2 is 1.47 bits per heavy atom. The van der Waals surface area contributed by atoms with Gasteiger partial charge >= 0.3 is 16.9 Å². The molecule has 0 amide bonds. The zero-order valence-electron chi connectivity index (χ0n) is 7.59. The maximum absolute atomic E-state index is 11.7. The normalized spacial score (nSPS) is 10.7. The largest absolute Gasteiger partial charge is 0.416 e. The van der Waals surface area contributed by atoms with E-state index in [0.29, 0.717) is 12.3 Å². The molecule has 0 aliphatic rings. The molecular formula is C6Cl3N5O3. The van der Waals surface area contributed by atoms with Gasteiger partial charge in [0.1, 0.15) is 0 Å². The summed E-state index contributed by atoms with van der Waals surface area (Å²) < 4.78 is 1.28. The quantitative estimate of drug-likeness (QED) is 0.633. The lowest BCUT2D eigenvalue weighted by Gasteiger charge is -1.96. The molecule has 0 spiro atoms.